The van der Waals surface area contributed by atoms with E-state index in [1.165, 1.54) is 6.33 Å². The number of carbonyl (C=O) groups excluding carboxylic acids is 1. The molecule has 4 heteroatoms. The van der Waals surface area contributed by atoms with E-state index in [0.29, 0.717) is 6.54 Å². The van der Waals surface area contributed by atoms with E-state index in [1.54, 1.807) is 0 Å². The first kappa shape index (κ1) is 11.8. The third-order valence-electron chi connectivity index (χ3n) is 2.94. The van der Waals surface area contributed by atoms with Crippen LogP contribution in [0.25, 0.3) is 0 Å². The number of amides is 1. The van der Waals surface area contributed by atoms with Crippen LogP contribution in [0.4, 0.5) is 0 Å². The van der Waals surface area contributed by atoms with Gasteiger partial charge >= 0.3 is 0 Å². The van der Waals surface area contributed by atoms with Gasteiger partial charge in [0.1, 0.15) is 6.33 Å². The molecule has 0 aromatic carbocycles. The molecule has 0 saturated carbocycles. The quantitative estimate of drug-likeness (QED) is 0.806. The molecule has 1 aromatic heterocycles. The molecule has 0 radical (unpaired) electrons. The first-order valence-corrected chi connectivity index (χ1v) is 5.96. The predicted octanol–water partition coefficient (Wildman–Crippen LogP) is 1.76. The standard InChI is InChI=1S/C13H17N3O/c1-10-7-12(16-9-15-10)8-14-13(17)11-5-3-2-4-6-11/h2-3,7,9,11H,4-6,8H2,1H3,(H,14,17). The molecule has 0 aliphatic heterocycles. The first-order chi connectivity index (χ1) is 8.25. The second-order valence-electron chi connectivity index (χ2n) is 4.35. The van der Waals surface area contributed by atoms with Crippen LogP contribution < -0.4 is 5.32 Å². The molecular weight excluding hydrogens is 214 g/mol. The van der Waals surface area contributed by atoms with Crippen molar-refractivity contribution in [2.75, 3.05) is 0 Å². The molecule has 2 rings (SSSR count). The number of hydrogen-bond donors (Lipinski definition) is 1. The van der Waals surface area contributed by atoms with Crippen LogP contribution in [0.15, 0.2) is 24.5 Å². The largest absolute Gasteiger partial charge is 0.350 e. The second kappa shape index (κ2) is 5.57. The minimum Gasteiger partial charge on any atom is -0.350 e. The molecule has 1 aromatic rings. The van der Waals surface area contributed by atoms with Gasteiger partial charge in [-0.25, -0.2) is 9.97 Å². The Labute approximate surface area is 101 Å². The van der Waals surface area contributed by atoms with E-state index < -0.39 is 0 Å². The van der Waals surface area contributed by atoms with E-state index in [9.17, 15) is 4.79 Å². The Bertz CT molecular complexity index is 428. The van der Waals surface area contributed by atoms with Gasteiger partial charge in [-0.3, -0.25) is 4.79 Å². The maximum Gasteiger partial charge on any atom is 0.223 e. The maximum atomic E-state index is 11.9. The van der Waals surface area contributed by atoms with Gasteiger partial charge in [0.2, 0.25) is 5.91 Å². The SMILES string of the molecule is Cc1cc(CNC(=O)C2CC=CCC2)ncn1. The van der Waals surface area contributed by atoms with Gasteiger partial charge in [-0.15, -0.1) is 0 Å². The van der Waals surface area contributed by atoms with Gasteiger partial charge in [-0.05, 0) is 32.3 Å². The zero-order valence-electron chi connectivity index (χ0n) is 10.0. The Balaban J connectivity index is 1.85. The highest BCUT2D eigenvalue weighted by atomic mass is 16.1. The smallest absolute Gasteiger partial charge is 0.223 e. The molecule has 1 N–H and O–H groups in total. The number of allylic oxidation sites excluding steroid dienone is 2. The number of aromatic nitrogens is 2. The van der Waals surface area contributed by atoms with Crippen molar-refractivity contribution in [2.24, 2.45) is 5.92 Å². The summed E-state index contributed by atoms with van der Waals surface area (Å²) in [6.07, 6.45) is 8.56. The summed E-state index contributed by atoms with van der Waals surface area (Å²) in [7, 11) is 0. The highest BCUT2D eigenvalue weighted by Crippen LogP contribution is 2.18. The zero-order chi connectivity index (χ0) is 12.1. The normalized spacial score (nSPS) is 19.0. The number of carbonyl (C=O) groups is 1. The van der Waals surface area contributed by atoms with E-state index in [0.717, 1.165) is 30.7 Å². The van der Waals surface area contributed by atoms with E-state index in [2.05, 4.69) is 27.4 Å². The number of hydrogen-bond acceptors (Lipinski definition) is 3. The molecule has 0 spiro atoms. The summed E-state index contributed by atoms with van der Waals surface area (Å²) in [5.74, 6) is 0.258. The highest BCUT2D eigenvalue weighted by molar-refractivity contribution is 5.78. The van der Waals surface area contributed by atoms with Gasteiger partial charge in [0.25, 0.3) is 0 Å². The van der Waals surface area contributed by atoms with Crippen LogP contribution in [0.1, 0.15) is 30.7 Å². The Morgan fingerprint density at radius 1 is 1.47 bits per heavy atom. The molecule has 1 aliphatic rings. The fraction of sp³-hybridized carbons (Fsp3) is 0.462. The summed E-state index contributed by atoms with van der Waals surface area (Å²) in [6, 6.07) is 1.89. The number of nitrogens with one attached hydrogen (secondary N) is 1. The minimum atomic E-state index is 0.128. The molecule has 1 amide bonds. The van der Waals surface area contributed by atoms with Crippen LogP contribution in [0.3, 0.4) is 0 Å². The average Bonchev–Trinajstić information content (AvgIpc) is 2.37. The number of rotatable bonds is 3. The molecule has 1 aliphatic carbocycles. The lowest BCUT2D eigenvalue weighted by molar-refractivity contribution is -0.125. The summed E-state index contributed by atoms with van der Waals surface area (Å²) in [5, 5.41) is 2.93. The van der Waals surface area contributed by atoms with Gasteiger partial charge < -0.3 is 5.32 Å². The predicted molar refractivity (Wildman–Crippen MR) is 65.1 cm³/mol. The summed E-state index contributed by atoms with van der Waals surface area (Å²) >= 11 is 0. The van der Waals surface area contributed by atoms with Crippen molar-refractivity contribution >= 4 is 5.91 Å². The van der Waals surface area contributed by atoms with Crippen molar-refractivity contribution in [1.29, 1.82) is 0 Å². The number of nitrogens with zero attached hydrogens (tertiary/aromatic N) is 2. The Morgan fingerprint density at radius 2 is 2.35 bits per heavy atom. The van der Waals surface area contributed by atoms with E-state index in [-0.39, 0.29) is 11.8 Å². The van der Waals surface area contributed by atoms with Gasteiger partial charge in [-0.2, -0.15) is 0 Å². The van der Waals surface area contributed by atoms with Crippen molar-refractivity contribution < 1.29 is 4.79 Å². The van der Waals surface area contributed by atoms with Crippen molar-refractivity contribution in [3.8, 4) is 0 Å². The molecule has 0 saturated heterocycles. The second-order valence-corrected chi connectivity index (χ2v) is 4.35. The third-order valence-corrected chi connectivity index (χ3v) is 2.94. The van der Waals surface area contributed by atoms with Gasteiger partial charge in [0.15, 0.2) is 0 Å². The monoisotopic (exact) mass is 231 g/mol. The molecule has 0 bridgehead atoms. The summed E-state index contributed by atoms with van der Waals surface area (Å²) < 4.78 is 0. The molecule has 0 fully saturated rings. The van der Waals surface area contributed by atoms with Crippen molar-refractivity contribution in [3.05, 3.63) is 35.9 Å². The van der Waals surface area contributed by atoms with Crippen molar-refractivity contribution in [2.45, 2.75) is 32.7 Å². The summed E-state index contributed by atoms with van der Waals surface area (Å²) in [4.78, 5) is 20.0. The molecule has 1 heterocycles. The van der Waals surface area contributed by atoms with Gasteiger partial charge in [0, 0.05) is 11.6 Å². The van der Waals surface area contributed by atoms with Crippen molar-refractivity contribution in [3.63, 3.8) is 0 Å². The lowest BCUT2D eigenvalue weighted by atomic mass is 9.94. The van der Waals surface area contributed by atoms with Crippen LogP contribution in [-0.4, -0.2) is 15.9 Å². The third kappa shape index (κ3) is 3.37. The zero-order valence-corrected chi connectivity index (χ0v) is 10.0. The fourth-order valence-corrected chi connectivity index (χ4v) is 1.96. The van der Waals surface area contributed by atoms with Crippen LogP contribution in [0.2, 0.25) is 0 Å². The fourth-order valence-electron chi connectivity index (χ4n) is 1.96. The molecular formula is C13H17N3O. The van der Waals surface area contributed by atoms with E-state index in [4.69, 9.17) is 0 Å². The molecule has 1 atom stereocenters. The summed E-state index contributed by atoms with van der Waals surface area (Å²) in [5.41, 5.74) is 1.78. The Kier molecular flexibility index (Phi) is 3.85. The van der Waals surface area contributed by atoms with Crippen LogP contribution >= 0.6 is 0 Å². The number of aryl methyl sites for hydroxylation is 1. The lowest BCUT2D eigenvalue weighted by Crippen LogP contribution is -2.31. The molecule has 1 unspecified atom stereocenters. The maximum absolute atomic E-state index is 11.9. The van der Waals surface area contributed by atoms with Gasteiger partial charge in [-0.1, -0.05) is 12.2 Å². The molecule has 17 heavy (non-hydrogen) atoms. The topological polar surface area (TPSA) is 54.9 Å². The molecule has 90 valence electrons. The lowest BCUT2D eigenvalue weighted by Gasteiger charge is -2.17. The Morgan fingerprint density at radius 3 is 3.06 bits per heavy atom. The Hall–Kier alpha value is -1.71. The minimum absolute atomic E-state index is 0.128. The molecule has 4 nitrogen and oxygen atoms in total. The highest BCUT2D eigenvalue weighted by Gasteiger charge is 2.18. The van der Waals surface area contributed by atoms with Gasteiger partial charge in [0.05, 0.1) is 12.2 Å². The van der Waals surface area contributed by atoms with Crippen LogP contribution in [0, 0.1) is 12.8 Å². The first-order valence-electron chi connectivity index (χ1n) is 5.96. The van der Waals surface area contributed by atoms with Crippen LogP contribution in [-0.2, 0) is 11.3 Å². The van der Waals surface area contributed by atoms with E-state index in [1.807, 2.05) is 13.0 Å². The van der Waals surface area contributed by atoms with Crippen LogP contribution in [0.5, 0.6) is 0 Å². The van der Waals surface area contributed by atoms with E-state index >= 15 is 0 Å². The summed E-state index contributed by atoms with van der Waals surface area (Å²) in [6.45, 7) is 2.40. The average molecular weight is 231 g/mol. The van der Waals surface area contributed by atoms with Crippen molar-refractivity contribution in [1.82, 2.24) is 15.3 Å².